The average Bonchev–Trinajstić information content (AvgIpc) is 2.71. The van der Waals surface area contributed by atoms with Gasteiger partial charge in [-0.15, -0.1) is 10.2 Å². The van der Waals surface area contributed by atoms with Gasteiger partial charge in [0.15, 0.2) is 5.15 Å². The van der Waals surface area contributed by atoms with Gasteiger partial charge in [0.2, 0.25) is 0 Å². The summed E-state index contributed by atoms with van der Waals surface area (Å²) in [6.45, 7) is 1.02. The highest BCUT2D eigenvalue weighted by Crippen LogP contribution is 2.11. The second kappa shape index (κ2) is 5.01. The van der Waals surface area contributed by atoms with E-state index in [0.29, 0.717) is 22.0 Å². The van der Waals surface area contributed by atoms with E-state index < -0.39 is 10.8 Å². The maximum atomic E-state index is 11.8. The van der Waals surface area contributed by atoms with Gasteiger partial charge in [-0.2, -0.15) is 0 Å². The van der Waals surface area contributed by atoms with Gasteiger partial charge in [0, 0.05) is 11.8 Å². The lowest BCUT2D eigenvalue weighted by Gasteiger charge is -2.08. The van der Waals surface area contributed by atoms with E-state index in [0.717, 1.165) is 19.4 Å². The zero-order chi connectivity index (χ0) is 10.7. The summed E-state index contributed by atoms with van der Waals surface area (Å²) in [5, 5.41) is 11.6. The Kier molecular flexibility index (Phi) is 3.66. The number of nitrogens with zero attached hydrogens (tertiary/aromatic N) is 2. The molecule has 1 aliphatic heterocycles. The fraction of sp³-hybridized carbons (Fsp3) is 0.556. The van der Waals surface area contributed by atoms with Crippen LogP contribution in [0.4, 0.5) is 0 Å². The van der Waals surface area contributed by atoms with Crippen LogP contribution in [0.2, 0.25) is 5.15 Å². The molecule has 2 atom stereocenters. The van der Waals surface area contributed by atoms with Gasteiger partial charge < -0.3 is 5.32 Å². The van der Waals surface area contributed by atoms with Crippen molar-refractivity contribution in [3.05, 3.63) is 17.3 Å². The summed E-state index contributed by atoms with van der Waals surface area (Å²) in [6.07, 6.45) is 2.25. The first-order valence-electron chi connectivity index (χ1n) is 4.87. The number of halogens is 1. The average molecular weight is 246 g/mol. The standard InChI is InChI=1S/C9H12ClN3OS/c10-8-3-4-9(13-12-8)15(14)6-7-2-1-5-11-7/h3-4,7,11H,1-2,5-6H2/t7-,15+/m0/s1. The molecule has 1 aliphatic rings. The van der Waals surface area contributed by atoms with Crippen LogP contribution in [-0.4, -0.2) is 32.7 Å². The van der Waals surface area contributed by atoms with Gasteiger partial charge in [0.1, 0.15) is 5.03 Å². The second-order valence-electron chi connectivity index (χ2n) is 3.50. The molecule has 1 aromatic heterocycles. The zero-order valence-corrected chi connectivity index (χ0v) is 9.72. The van der Waals surface area contributed by atoms with Crippen molar-refractivity contribution in [2.75, 3.05) is 12.3 Å². The Labute approximate surface area is 95.9 Å². The normalized spacial score (nSPS) is 22.9. The highest BCUT2D eigenvalue weighted by atomic mass is 35.5. The smallest absolute Gasteiger partial charge is 0.151 e. The highest BCUT2D eigenvalue weighted by Gasteiger charge is 2.18. The van der Waals surface area contributed by atoms with Crippen molar-refractivity contribution in [1.82, 2.24) is 15.5 Å². The minimum atomic E-state index is -1.08. The summed E-state index contributed by atoms with van der Waals surface area (Å²) in [5.41, 5.74) is 0. The van der Waals surface area contributed by atoms with E-state index in [9.17, 15) is 4.21 Å². The third-order valence-corrected chi connectivity index (χ3v) is 3.95. The maximum Gasteiger partial charge on any atom is 0.151 e. The third-order valence-electron chi connectivity index (χ3n) is 2.36. The van der Waals surface area contributed by atoms with Crippen LogP contribution in [0, 0.1) is 0 Å². The molecule has 0 amide bonds. The quantitative estimate of drug-likeness (QED) is 0.863. The summed E-state index contributed by atoms with van der Waals surface area (Å²) in [6, 6.07) is 3.63. The van der Waals surface area contributed by atoms with Crippen LogP contribution < -0.4 is 5.32 Å². The van der Waals surface area contributed by atoms with Crippen molar-refractivity contribution < 1.29 is 4.21 Å². The first-order valence-corrected chi connectivity index (χ1v) is 6.56. The molecule has 1 aromatic rings. The van der Waals surface area contributed by atoms with Gasteiger partial charge in [-0.25, -0.2) is 0 Å². The van der Waals surface area contributed by atoms with Crippen molar-refractivity contribution in [2.45, 2.75) is 23.9 Å². The molecular weight excluding hydrogens is 234 g/mol. The molecule has 0 aliphatic carbocycles. The Morgan fingerprint density at radius 2 is 2.40 bits per heavy atom. The van der Waals surface area contributed by atoms with E-state index in [4.69, 9.17) is 11.6 Å². The molecule has 0 radical (unpaired) electrons. The molecule has 0 saturated carbocycles. The topological polar surface area (TPSA) is 54.9 Å². The van der Waals surface area contributed by atoms with Crippen LogP contribution in [0.15, 0.2) is 17.2 Å². The number of hydrogen-bond donors (Lipinski definition) is 1. The summed E-state index contributed by atoms with van der Waals surface area (Å²) < 4.78 is 11.8. The molecule has 15 heavy (non-hydrogen) atoms. The molecule has 0 spiro atoms. The lowest BCUT2D eigenvalue weighted by Crippen LogP contribution is -2.27. The minimum Gasteiger partial charge on any atom is -0.313 e. The van der Waals surface area contributed by atoms with E-state index in [-0.39, 0.29) is 0 Å². The van der Waals surface area contributed by atoms with Crippen LogP contribution in [0.25, 0.3) is 0 Å². The monoisotopic (exact) mass is 245 g/mol. The number of aromatic nitrogens is 2. The predicted molar refractivity (Wildman–Crippen MR) is 59.3 cm³/mol. The Balaban J connectivity index is 1.98. The van der Waals surface area contributed by atoms with Gasteiger partial charge in [-0.05, 0) is 31.5 Å². The summed E-state index contributed by atoms with van der Waals surface area (Å²) in [5.74, 6) is 0.607. The molecule has 0 aromatic carbocycles. The molecule has 0 bridgehead atoms. The van der Waals surface area contributed by atoms with Crippen molar-refractivity contribution in [3.63, 3.8) is 0 Å². The first kappa shape index (κ1) is 11.0. The summed E-state index contributed by atoms with van der Waals surface area (Å²) in [7, 11) is -1.08. The fourth-order valence-corrected chi connectivity index (χ4v) is 2.87. The lowest BCUT2D eigenvalue weighted by atomic mass is 10.3. The zero-order valence-electron chi connectivity index (χ0n) is 8.15. The summed E-state index contributed by atoms with van der Waals surface area (Å²) in [4.78, 5) is 0. The van der Waals surface area contributed by atoms with Crippen molar-refractivity contribution in [1.29, 1.82) is 0 Å². The molecule has 0 unspecified atom stereocenters. The summed E-state index contributed by atoms with van der Waals surface area (Å²) >= 11 is 5.60. The molecule has 82 valence electrons. The number of nitrogens with one attached hydrogen (secondary N) is 1. The van der Waals surface area contributed by atoms with E-state index in [1.54, 1.807) is 12.1 Å². The van der Waals surface area contributed by atoms with Crippen molar-refractivity contribution >= 4 is 22.4 Å². The van der Waals surface area contributed by atoms with Gasteiger partial charge in [0.25, 0.3) is 0 Å². The van der Waals surface area contributed by atoms with Gasteiger partial charge >= 0.3 is 0 Å². The van der Waals surface area contributed by atoms with Gasteiger partial charge in [0.05, 0.1) is 10.8 Å². The Morgan fingerprint density at radius 1 is 1.53 bits per heavy atom. The SMILES string of the molecule is O=[S@](C[C@@H]1CCCN1)c1ccc(Cl)nn1. The maximum absolute atomic E-state index is 11.8. The highest BCUT2D eigenvalue weighted by molar-refractivity contribution is 7.85. The molecule has 4 nitrogen and oxygen atoms in total. The molecule has 2 heterocycles. The van der Waals surface area contributed by atoms with Crippen LogP contribution in [0.5, 0.6) is 0 Å². The van der Waals surface area contributed by atoms with Crippen LogP contribution in [0.3, 0.4) is 0 Å². The van der Waals surface area contributed by atoms with Crippen LogP contribution in [0.1, 0.15) is 12.8 Å². The van der Waals surface area contributed by atoms with E-state index in [1.807, 2.05) is 0 Å². The second-order valence-corrected chi connectivity index (χ2v) is 5.33. The molecular formula is C9H12ClN3OS. The van der Waals surface area contributed by atoms with E-state index >= 15 is 0 Å². The fourth-order valence-electron chi connectivity index (χ4n) is 1.59. The molecule has 1 saturated heterocycles. The van der Waals surface area contributed by atoms with Crippen LogP contribution in [-0.2, 0) is 10.8 Å². The first-order chi connectivity index (χ1) is 7.25. The van der Waals surface area contributed by atoms with Crippen molar-refractivity contribution in [2.24, 2.45) is 0 Å². The van der Waals surface area contributed by atoms with Gasteiger partial charge in [-0.1, -0.05) is 11.6 Å². The molecule has 1 N–H and O–H groups in total. The van der Waals surface area contributed by atoms with Crippen LogP contribution >= 0.6 is 11.6 Å². The lowest BCUT2D eigenvalue weighted by molar-refractivity contribution is 0.640. The van der Waals surface area contributed by atoms with Gasteiger partial charge in [-0.3, -0.25) is 4.21 Å². The number of rotatable bonds is 3. The minimum absolute atomic E-state index is 0.328. The largest absolute Gasteiger partial charge is 0.313 e. The Morgan fingerprint density at radius 3 is 3.00 bits per heavy atom. The Hall–Kier alpha value is -0.520. The molecule has 2 rings (SSSR count). The molecule has 1 fully saturated rings. The molecule has 6 heteroatoms. The van der Waals surface area contributed by atoms with E-state index in [2.05, 4.69) is 15.5 Å². The predicted octanol–water partition coefficient (Wildman–Crippen LogP) is 0.990. The van der Waals surface area contributed by atoms with Crippen molar-refractivity contribution in [3.8, 4) is 0 Å². The Bertz CT molecular complexity index is 351. The third kappa shape index (κ3) is 2.96. The van der Waals surface area contributed by atoms with E-state index in [1.165, 1.54) is 0 Å². The number of hydrogen-bond acceptors (Lipinski definition) is 4.